The Hall–Kier alpha value is -2.56. The van der Waals surface area contributed by atoms with Crippen molar-refractivity contribution in [3.05, 3.63) is 106 Å². The zero-order valence-electron chi connectivity index (χ0n) is 19.5. The number of thioether (sulfide) groups is 1. The summed E-state index contributed by atoms with van der Waals surface area (Å²) in [5.74, 6) is -1.80. The van der Waals surface area contributed by atoms with Gasteiger partial charge >= 0.3 is 12.1 Å². The molecule has 0 saturated heterocycles. The smallest absolute Gasteiger partial charge is 0.449 e. The number of carbonyl (C=O) groups is 1. The lowest BCUT2D eigenvalue weighted by molar-refractivity contribution is -0.153. The zero-order valence-corrected chi connectivity index (χ0v) is 22.7. The molecule has 198 valence electrons. The highest BCUT2D eigenvalue weighted by Gasteiger charge is 2.35. The monoisotopic (exact) mass is 597 g/mol. The number of carboxylic acids is 1. The Morgan fingerprint density at radius 1 is 0.895 bits per heavy atom. The molecule has 1 N–H and O–H groups in total. The Balaban J connectivity index is 1.54. The number of hydrogen-bond donors (Lipinski definition) is 1. The largest absolute Gasteiger partial charge is 0.481 e. The van der Waals surface area contributed by atoms with Gasteiger partial charge in [0.15, 0.2) is 0 Å². The molecular weight excluding hydrogens is 578 g/mol. The van der Waals surface area contributed by atoms with Crippen LogP contribution in [0.1, 0.15) is 17.1 Å². The van der Waals surface area contributed by atoms with Crippen molar-refractivity contribution >= 4 is 52.9 Å². The van der Waals surface area contributed by atoms with Gasteiger partial charge < -0.3 is 9.52 Å². The normalized spacial score (nSPS) is 11.7. The molecule has 11 heteroatoms. The lowest BCUT2D eigenvalue weighted by Crippen LogP contribution is -2.15. The van der Waals surface area contributed by atoms with Crippen LogP contribution in [0.15, 0.2) is 93.1 Å². The number of benzene rings is 3. The second kappa shape index (κ2) is 12.5. The lowest BCUT2D eigenvalue weighted by atomic mass is 10.0. The molecule has 4 aromatic rings. The number of furan rings is 1. The van der Waals surface area contributed by atoms with Crippen LogP contribution in [0, 0.1) is 0 Å². The van der Waals surface area contributed by atoms with Crippen LogP contribution < -0.4 is 0 Å². The Labute approximate surface area is 235 Å². The maximum atomic E-state index is 13.0. The Kier molecular flexibility index (Phi) is 9.38. The molecule has 0 aliphatic heterocycles. The standard InChI is InChI=1S/C27H20Cl2F3NO3S2/c28-22-5-2-6-23(29)26(22)38-33(15-20-11-12-24(36-20)27(30,31)32)14-17-7-9-18(10-8-17)19-3-1-4-21(13-19)37-16-25(34)35/h1-13H,14-16H2,(H,34,35). The number of hydrogen-bond acceptors (Lipinski definition) is 5. The number of nitrogens with zero attached hydrogens (tertiary/aromatic N) is 1. The number of alkyl halides is 3. The minimum atomic E-state index is -4.57. The summed E-state index contributed by atoms with van der Waals surface area (Å²) in [6.07, 6.45) is -4.57. The van der Waals surface area contributed by atoms with E-state index in [0.29, 0.717) is 21.5 Å². The van der Waals surface area contributed by atoms with E-state index in [9.17, 15) is 18.0 Å². The number of halogens is 5. The van der Waals surface area contributed by atoms with Gasteiger partial charge in [-0.1, -0.05) is 65.7 Å². The third-order valence-electron chi connectivity index (χ3n) is 5.26. The molecular formula is C27H20Cl2F3NO3S2. The van der Waals surface area contributed by atoms with Crippen molar-refractivity contribution in [2.45, 2.75) is 29.1 Å². The van der Waals surface area contributed by atoms with Crippen molar-refractivity contribution < 1.29 is 27.5 Å². The van der Waals surface area contributed by atoms with Crippen molar-refractivity contribution in [3.8, 4) is 11.1 Å². The SMILES string of the molecule is O=C(O)CSc1cccc(-c2ccc(CN(Cc3ccc(C(F)(F)F)o3)Sc3c(Cl)cccc3Cl)cc2)c1. The van der Waals surface area contributed by atoms with Crippen LogP contribution in [0.5, 0.6) is 0 Å². The summed E-state index contributed by atoms with van der Waals surface area (Å²) in [6.45, 7) is 0.440. The van der Waals surface area contributed by atoms with E-state index < -0.39 is 17.9 Å². The molecule has 0 aliphatic carbocycles. The van der Waals surface area contributed by atoms with Gasteiger partial charge in [-0.2, -0.15) is 13.2 Å². The zero-order chi connectivity index (χ0) is 27.3. The summed E-state index contributed by atoms with van der Waals surface area (Å²) in [5, 5.41) is 9.78. The molecule has 1 aromatic heterocycles. The second-order valence-electron chi connectivity index (χ2n) is 8.11. The van der Waals surface area contributed by atoms with Crippen LogP contribution in [0.4, 0.5) is 13.2 Å². The molecule has 0 atom stereocenters. The topological polar surface area (TPSA) is 53.7 Å². The minimum Gasteiger partial charge on any atom is -0.481 e. The number of carboxylic acid groups (broad SMARTS) is 1. The van der Waals surface area contributed by atoms with Gasteiger partial charge in [-0.25, -0.2) is 4.31 Å². The van der Waals surface area contributed by atoms with E-state index in [1.165, 1.54) is 29.8 Å². The van der Waals surface area contributed by atoms with E-state index in [4.69, 9.17) is 32.7 Å². The molecule has 0 amide bonds. The van der Waals surface area contributed by atoms with E-state index in [0.717, 1.165) is 27.7 Å². The molecule has 4 rings (SSSR count). The van der Waals surface area contributed by atoms with E-state index in [1.54, 1.807) is 18.2 Å². The summed E-state index contributed by atoms with van der Waals surface area (Å²) in [5.41, 5.74) is 2.79. The predicted molar refractivity (Wildman–Crippen MR) is 146 cm³/mol. The molecule has 0 unspecified atom stereocenters. The highest BCUT2D eigenvalue weighted by Crippen LogP contribution is 2.38. The summed E-state index contributed by atoms with van der Waals surface area (Å²) >= 11 is 15.2. The fourth-order valence-corrected chi connectivity index (χ4v) is 5.78. The average Bonchev–Trinajstić information content (AvgIpc) is 3.35. The van der Waals surface area contributed by atoms with E-state index >= 15 is 0 Å². The van der Waals surface area contributed by atoms with E-state index in [2.05, 4.69) is 0 Å². The van der Waals surface area contributed by atoms with Crippen molar-refractivity contribution in [1.82, 2.24) is 4.31 Å². The van der Waals surface area contributed by atoms with Gasteiger partial charge in [0.1, 0.15) is 5.76 Å². The van der Waals surface area contributed by atoms with Crippen molar-refractivity contribution in [2.24, 2.45) is 0 Å². The van der Waals surface area contributed by atoms with Gasteiger partial charge in [0.2, 0.25) is 5.76 Å². The average molecular weight is 598 g/mol. The molecule has 0 radical (unpaired) electrons. The molecule has 4 nitrogen and oxygen atoms in total. The molecule has 38 heavy (non-hydrogen) atoms. The van der Waals surface area contributed by atoms with Crippen molar-refractivity contribution in [1.29, 1.82) is 0 Å². The molecule has 0 spiro atoms. The minimum absolute atomic E-state index is 0.0223. The van der Waals surface area contributed by atoms with Crippen LogP contribution in [-0.4, -0.2) is 21.1 Å². The second-order valence-corrected chi connectivity index (χ2v) is 11.1. The molecule has 0 saturated carbocycles. The van der Waals surface area contributed by atoms with Gasteiger partial charge in [0.25, 0.3) is 0 Å². The number of aliphatic carboxylic acids is 1. The van der Waals surface area contributed by atoms with Crippen LogP contribution in [0.2, 0.25) is 10.0 Å². The lowest BCUT2D eigenvalue weighted by Gasteiger charge is -2.21. The van der Waals surface area contributed by atoms with Gasteiger partial charge in [-0.3, -0.25) is 4.79 Å². The Morgan fingerprint density at radius 2 is 1.58 bits per heavy atom. The van der Waals surface area contributed by atoms with Crippen LogP contribution in [-0.2, 0) is 24.1 Å². The maximum Gasteiger partial charge on any atom is 0.449 e. The molecule has 0 fully saturated rings. The van der Waals surface area contributed by atoms with Crippen molar-refractivity contribution in [3.63, 3.8) is 0 Å². The summed E-state index contributed by atoms with van der Waals surface area (Å²) < 4.78 is 46.0. The molecule has 1 heterocycles. The fraction of sp³-hybridized carbons (Fsp3) is 0.148. The Morgan fingerprint density at radius 3 is 2.21 bits per heavy atom. The summed E-state index contributed by atoms with van der Waals surface area (Å²) in [4.78, 5) is 12.3. The highest BCUT2D eigenvalue weighted by atomic mass is 35.5. The first-order valence-electron chi connectivity index (χ1n) is 11.2. The van der Waals surface area contributed by atoms with Gasteiger partial charge in [-0.05, 0) is 65.0 Å². The third kappa shape index (κ3) is 7.74. The van der Waals surface area contributed by atoms with Gasteiger partial charge in [0, 0.05) is 11.4 Å². The first-order valence-corrected chi connectivity index (χ1v) is 13.7. The van der Waals surface area contributed by atoms with Crippen LogP contribution >= 0.6 is 46.9 Å². The quantitative estimate of drug-likeness (QED) is 0.145. The first kappa shape index (κ1) is 28.4. The molecule has 0 bridgehead atoms. The number of rotatable bonds is 10. The maximum absolute atomic E-state index is 13.0. The van der Waals surface area contributed by atoms with Gasteiger partial charge in [-0.15, -0.1) is 11.8 Å². The summed E-state index contributed by atoms with van der Waals surface area (Å²) in [6, 6.07) is 22.7. The summed E-state index contributed by atoms with van der Waals surface area (Å²) in [7, 11) is 0. The van der Waals surface area contributed by atoms with Crippen LogP contribution in [0.25, 0.3) is 11.1 Å². The van der Waals surface area contributed by atoms with E-state index in [1.807, 2.05) is 52.8 Å². The predicted octanol–water partition coefficient (Wildman–Crippen LogP) is 9.16. The molecule has 0 aliphatic rings. The highest BCUT2D eigenvalue weighted by molar-refractivity contribution is 8.00. The van der Waals surface area contributed by atoms with E-state index in [-0.39, 0.29) is 18.1 Å². The third-order valence-corrected chi connectivity index (χ3v) is 8.23. The first-order chi connectivity index (χ1) is 18.1. The van der Waals surface area contributed by atoms with Crippen molar-refractivity contribution in [2.75, 3.05) is 5.75 Å². The Bertz CT molecular complexity index is 1390. The van der Waals surface area contributed by atoms with Gasteiger partial charge in [0.05, 0.1) is 27.2 Å². The fourth-order valence-electron chi connectivity index (χ4n) is 3.53. The molecule has 3 aromatic carbocycles. The van der Waals surface area contributed by atoms with Crippen LogP contribution in [0.3, 0.4) is 0 Å².